The maximum absolute atomic E-state index is 13.3. The van der Waals surface area contributed by atoms with Gasteiger partial charge in [0.1, 0.15) is 12.1 Å². The summed E-state index contributed by atoms with van der Waals surface area (Å²) < 4.78 is 18.6. The third-order valence-electron chi connectivity index (χ3n) is 2.93. The van der Waals surface area contributed by atoms with Gasteiger partial charge in [-0.15, -0.1) is 0 Å². The molecule has 0 amide bonds. The molecule has 2 rings (SSSR count). The third-order valence-corrected chi connectivity index (χ3v) is 2.93. The van der Waals surface area contributed by atoms with E-state index in [2.05, 4.69) is 5.32 Å². The first-order chi connectivity index (χ1) is 8.51. The lowest BCUT2D eigenvalue weighted by atomic mass is 10.0. The van der Waals surface area contributed by atoms with Crippen LogP contribution in [0.2, 0.25) is 0 Å². The minimum Gasteiger partial charge on any atom is -0.488 e. The first kappa shape index (κ1) is 12.8. The Bertz CT molecular complexity index is 448. The van der Waals surface area contributed by atoms with Gasteiger partial charge in [0.25, 0.3) is 0 Å². The van der Waals surface area contributed by atoms with Crippen LogP contribution >= 0.6 is 0 Å². The average molecular weight is 253 g/mol. The maximum atomic E-state index is 13.3. The molecule has 98 valence electrons. The number of carboxylic acid groups (broad SMARTS) is 1. The number of halogens is 1. The van der Waals surface area contributed by atoms with Gasteiger partial charge in [0.15, 0.2) is 11.6 Å². The van der Waals surface area contributed by atoms with E-state index in [0.717, 1.165) is 12.8 Å². The zero-order valence-corrected chi connectivity index (χ0v) is 10.1. The molecule has 0 saturated heterocycles. The number of hydrogen-bond acceptors (Lipinski definition) is 3. The highest BCUT2D eigenvalue weighted by Crippen LogP contribution is 2.24. The number of carboxylic acids is 1. The molecule has 0 heterocycles. The van der Waals surface area contributed by atoms with Crippen LogP contribution in [-0.2, 0) is 4.79 Å². The van der Waals surface area contributed by atoms with E-state index in [1.54, 1.807) is 19.1 Å². The van der Waals surface area contributed by atoms with Crippen LogP contribution in [0.25, 0.3) is 0 Å². The zero-order valence-electron chi connectivity index (χ0n) is 10.1. The predicted octanol–water partition coefficient (Wildman–Crippen LogP) is 1.80. The van der Waals surface area contributed by atoms with Gasteiger partial charge >= 0.3 is 5.97 Å². The van der Waals surface area contributed by atoms with Crippen LogP contribution in [0.3, 0.4) is 0 Å². The maximum Gasteiger partial charge on any atom is 0.327 e. The minimum atomic E-state index is -1.19. The van der Waals surface area contributed by atoms with Crippen molar-refractivity contribution in [3.05, 3.63) is 30.1 Å². The second-order valence-corrected chi connectivity index (χ2v) is 4.77. The van der Waals surface area contributed by atoms with Crippen molar-refractivity contribution in [3.63, 3.8) is 0 Å². The van der Waals surface area contributed by atoms with Crippen molar-refractivity contribution in [1.82, 2.24) is 5.32 Å². The molecule has 1 aromatic rings. The van der Waals surface area contributed by atoms with E-state index in [-0.39, 0.29) is 18.4 Å². The summed E-state index contributed by atoms with van der Waals surface area (Å²) in [4.78, 5) is 11.3. The molecule has 1 saturated carbocycles. The van der Waals surface area contributed by atoms with Crippen LogP contribution in [0.4, 0.5) is 4.39 Å². The van der Waals surface area contributed by atoms with Crippen molar-refractivity contribution in [2.45, 2.75) is 31.3 Å². The second kappa shape index (κ2) is 4.94. The van der Waals surface area contributed by atoms with Crippen molar-refractivity contribution in [2.24, 2.45) is 0 Å². The SMILES string of the molecule is CC(COc1ccccc1F)(NC1CC1)C(=O)O. The monoisotopic (exact) mass is 253 g/mol. The molecule has 1 atom stereocenters. The number of benzene rings is 1. The first-order valence-corrected chi connectivity index (χ1v) is 5.90. The Morgan fingerprint density at radius 1 is 1.56 bits per heavy atom. The minimum absolute atomic E-state index is 0.0718. The Labute approximate surface area is 105 Å². The molecule has 2 N–H and O–H groups in total. The second-order valence-electron chi connectivity index (χ2n) is 4.77. The van der Waals surface area contributed by atoms with Gasteiger partial charge < -0.3 is 9.84 Å². The molecule has 1 aromatic carbocycles. The van der Waals surface area contributed by atoms with Gasteiger partial charge in [0.2, 0.25) is 0 Å². The third kappa shape index (κ3) is 2.98. The average Bonchev–Trinajstić information content (AvgIpc) is 3.11. The first-order valence-electron chi connectivity index (χ1n) is 5.90. The van der Waals surface area contributed by atoms with E-state index in [1.807, 2.05) is 0 Å². The summed E-state index contributed by atoms with van der Waals surface area (Å²) in [5, 5.41) is 12.2. The molecule has 1 fully saturated rings. The highest BCUT2D eigenvalue weighted by Gasteiger charge is 2.39. The topological polar surface area (TPSA) is 58.6 Å². The van der Waals surface area contributed by atoms with Crippen LogP contribution < -0.4 is 10.1 Å². The van der Waals surface area contributed by atoms with E-state index in [9.17, 15) is 14.3 Å². The molecule has 18 heavy (non-hydrogen) atoms. The summed E-state index contributed by atoms with van der Waals surface area (Å²) in [6.07, 6.45) is 1.95. The highest BCUT2D eigenvalue weighted by atomic mass is 19.1. The van der Waals surface area contributed by atoms with Crippen LogP contribution in [0, 0.1) is 5.82 Å². The number of carbonyl (C=O) groups is 1. The molecular formula is C13H16FNO3. The number of para-hydroxylation sites is 1. The molecule has 0 bridgehead atoms. The summed E-state index contributed by atoms with van der Waals surface area (Å²) in [6, 6.07) is 6.19. The molecule has 1 unspecified atom stereocenters. The highest BCUT2D eigenvalue weighted by molar-refractivity contribution is 5.78. The van der Waals surface area contributed by atoms with E-state index >= 15 is 0 Å². The molecule has 0 radical (unpaired) electrons. The van der Waals surface area contributed by atoms with Gasteiger partial charge in [0, 0.05) is 6.04 Å². The molecule has 0 spiro atoms. The number of aliphatic carboxylic acids is 1. The van der Waals surface area contributed by atoms with Gasteiger partial charge in [-0.05, 0) is 31.9 Å². The Morgan fingerprint density at radius 2 is 2.22 bits per heavy atom. The van der Waals surface area contributed by atoms with Crippen molar-refractivity contribution >= 4 is 5.97 Å². The smallest absolute Gasteiger partial charge is 0.327 e. The Kier molecular flexibility index (Phi) is 3.52. The Balaban J connectivity index is 2.01. The molecule has 0 aliphatic heterocycles. The van der Waals surface area contributed by atoms with Gasteiger partial charge in [-0.3, -0.25) is 10.1 Å². The van der Waals surface area contributed by atoms with Crippen molar-refractivity contribution in [2.75, 3.05) is 6.61 Å². The molecule has 0 aromatic heterocycles. The fourth-order valence-electron chi connectivity index (χ4n) is 1.63. The van der Waals surface area contributed by atoms with Crippen LogP contribution in [0.15, 0.2) is 24.3 Å². The predicted molar refractivity (Wildman–Crippen MR) is 64.1 cm³/mol. The van der Waals surface area contributed by atoms with E-state index in [4.69, 9.17) is 4.74 Å². The van der Waals surface area contributed by atoms with Gasteiger partial charge in [-0.25, -0.2) is 4.39 Å². The lowest BCUT2D eigenvalue weighted by Crippen LogP contribution is -2.54. The van der Waals surface area contributed by atoms with E-state index in [0.29, 0.717) is 0 Å². The number of nitrogens with one attached hydrogen (secondary N) is 1. The molecule has 1 aliphatic rings. The fraction of sp³-hybridized carbons (Fsp3) is 0.462. The zero-order chi connectivity index (χ0) is 13.2. The van der Waals surface area contributed by atoms with Crippen molar-refractivity contribution in [3.8, 4) is 5.75 Å². The number of hydrogen-bond donors (Lipinski definition) is 2. The van der Waals surface area contributed by atoms with Gasteiger partial charge in [-0.2, -0.15) is 0 Å². The quantitative estimate of drug-likeness (QED) is 0.811. The lowest BCUT2D eigenvalue weighted by Gasteiger charge is -2.26. The van der Waals surface area contributed by atoms with E-state index < -0.39 is 17.3 Å². The summed E-state index contributed by atoms with van der Waals surface area (Å²) in [5.41, 5.74) is -1.19. The van der Waals surface area contributed by atoms with Crippen LogP contribution in [-0.4, -0.2) is 29.3 Å². The van der Waals surface area contributed by atoms with Gasteiger partial charge in [-0.1, -0.05) is 12.1 Å². The van der Waals surface area contributed by atoms with Crippen LogP contribution in [0.5, 0.6) is 5.75 Å². The summed E-state index contributed by atoms with van der Waals surface area (Å²) >= 11 is 0. The summed E-state index contributed by atoms with van der Waals surface area (Å²) in [6.45, 7) is 1.44. The molecular weight excluding hydrogens is 237 g/mol. The normalized spacial score (nSPS) is 18.1. The van der Waals surface area contributed by atoms with Crippen molar-refractivity contribution < 1.29 is 19.0 Å². The van der Waals surface area contributed by atoms with Crippen molar-refractivity contribution in [1.29, 1.82) is 0 Å². The van der Waals surface area contributed by atoms with Crippen LogP contribution in [0.1, 0.15) is 19.8 Å². The summed E-state index contributed by atoms with van der Waals surface area (Å²) in [5.74, 6) is -1.41. The van der Waals surface area contributed by atoms with Gasteiger partial charge in [0.05, 0.1) is 0 Å². The fourth-order valence-corrected chi connectivity index (χ4v) is 1.63. The lowest BCUT2D eigenvalue weighted by molar-refractivity contribution is -0.145. The largest absolute Gasteiger partial charge is 0.488 e. The summed E-state index contributed by atoms with van der Waals surface area (Å²) in [7, 11) is 0. The Morgan fingerprint density at radius 3 is 2.78 bits per heavy atom. The number of rotatable bonds is 6. The molecule has 4 nitrogen and oxygen atoms in total. The molecule has 5 heteroatoms. The van der Waals surface area contributed by atoms with E-state index in [1.165, 1.54) is 12.1 Å². The Hall–Kier alpha value is -1.62. The number of ether oxygens (including phenoxy) is 1. The molecule has 1 aliphatic carbocycles. The standard InChI is InChI=1S/C13H16FNO3/c1-13(12(16)17,15-9-6-7-9)8-18-11-5-3-2-4-10(11)14/h2-5,9,15H,6-8H2,1H3,(H,16,17).